The number of carbonyl (C=O) groups is 1. The van der Waals surface area contributed by atoms with E-state index in [-0.39, 0.29) is 5.91 Å². The molecular weight excluding hydrogens is 192 g/mol. The number of rotatable bonds is 5. The van der Waals surface area contributed by atoms with Crippen molar-refractivity contribution < 1.29 is 9.90 Å². The predicted octanol–water partition coefficient (Wildman–Crippen LogP) is 0.311. The summed E-state index contributed by atoms with van der Waals surface area (Å²) in [6.07, 6.45) is 2.66. The Balaban J connectivity index is 2.16. The van der Waals surface area contributed by atoms with E-state index in [2.05, 4.69) is 4.90 Å². The number of likely N-dealkylation sites (tertiary alicyclic amines) is 1. The SMILES string of the molecule is CC(O)CN(C)C(=O)CCN1CCCC1. The molecule has 0 aromatic carbocycles. The maximum Gasteiger partial charge on any atom is 0.223 e. The van der Waals surface area contributed by atoms with Crippen LogP contribution >= 0.6 is 0 Å². The quantitative estimate of drug-likeness (QED) is 0.716. The average molecular weight is 214 g/mol. The van der Waals surface area contributed by atoms with E-state index in [4.69, 9.17) is 5.11 Å². The van der Waals surface area contributed by atoms with Crippen LogP contribution in [-0.2, 0) is 4.79 Å². The molecule has 15 heavy (non-hydrogen) atoms. The van der Waals surface area contributed by atoms with Crippen molar-refractivity contribution in [3.63, 3.8) is 0 Å². The van der Waals surface area contributed by atoms with Crippen molar-refractivity contribution >= 4 is 5.91 Å². The fraction of sp³-hybridized carbons (Fsp3) is 0.909. The van der Waals surface area contributed by atoms with E-state index in [0.717, 1.165) is 19.6 Å². The average Bonchev–Trinajstić information content (AvgIpc) is 2.65. The summed E-state index contributed by atoms with van der Waals surface area (Å²) < 4.78 is 0. The topological polar surface area (TPSA) is 43.8 Å². The van der Waals surface area contributed by atoms with Crippen LogP contribution in [0, 0.1) is 0 Å². The molecule has 1 rings (SSSR count). The van der Waals surface area contributed by atoms with E-state index in [9.17, 15) is 4.79 Å². The van der Waals surface area contributed by atoms with Crippen molar-refractivity contribution in [1.82, 2.24) is 9.80 Å². The van der Waals surface area contributed by atoms with Crippen LogP contribution < -0.4 is 0 Å². The summed E-state index contributed by atoms with van der Waals surface area (Å²) in [6.45, 7) is 5.26. The van der Waals surface area contributed by atoms with Gasteiger partial charge in [-0.2, -0.15) is 0 Å². The number of hydrogen-bond donors (Lipinski definition) is 1. The van der Waals surface area contributed by atoms with Crippen LogP contribution in [-0.4, -0.2) is 60.1 Å². The second kappa shape index (κ2) is 6.08. The molecule has 1 saturated heterocycles. The maximum absolute atomic E-state index is 11.6. The Hall–Kier alpha value is -0.610. The molecule has 0 aromatic rings. The van der Waals surface area contributed by atoms with E-state index in [1.165, 1.54) is 12.8 Å². The van der Waals surface area contributed by atoms with E-state index >= 15 is 0 Å². The van der Waals surface area contributed by atoms with Gasteiger partial charge in [0.05, 0.1) is 6.10 Å². The lowest BCUT2D eigenvalue weighted by atomic mass is 10.3. The van der Waals surface area contributed by atoms with Gasteiger partial charge in [0, 0.05) is 26.6 Å². The monoisotopic (exact) mass is 214 g/mol. The second-order valence-electron chi connectivity index (χ2n) is 4.42. The molecule has 1 amide bonds. The predicted molar refractivity (Wildman–Crippen MR) is 59.6 cm³/mol. The van der Waals surface area contributed by atoms with Crippen LogP contribution in [0.2, 0.25) is 0 Å². The van der Waals surface area contributed by atoms with Gasteiger partial charge in [0.2, 0.25) is 5.91 Å². The Bertz CT molecular complexity index is 201. The first-order valence-electron chi connectivity index (χ1n) is 5.74. The molecule has 88 valence electrons. The first-order valence-corrected chi connectivity index (χ1v) is 5.74. The molecule has 1 atom stereocenters. The van der Waals surface area contributed by atoms with Crippen LogP contribution in [0.3, 0.4) is 0 Å². The Labute approximate surface area is 91.9 Å². The van der Waals surface area contributed by atoms with Gasteiger partial charge in [0.25, 0.3) is 0 Å². The molecule has 1 fully saturated rings. The van der Waals surface area contributed by atoms with Crippen LogP contribution in [0.1, 0.15) is 26.2 Å². The fourth-order valence-electron chi connectivity index (χ4n) is 1.95. The highest BCUT2D eigenvalue weighted by Gasteiger charge is 2.15. The van der Waals surface area contributed by atoms with E-state index in [1.807, 2.05) is 0 Å². The molecule has 4 nitrogen and oxygen atoms in total. The third-order valence-corrected chi connectivity index (χ3v) is 2.80. The summed E-state index contributed by atoms with van der Waals surface area (Å²) in [4.78, 5) is 15.6. The van der Waals surface area contributed by atoms with Gasteiger partial charge in [0.15, 0.2) is 0 Å². The van der Waals surface area contributed by atoms with Crippen LogP contribution in [0.25, 0.3) is 0 Å². The Morgan fingerprint density at radius 2 is 2.07 bits per heavy atom. The molecule has 1 heterocycles. The maximum atomic E-state index is 11.6. The zero-order valence-electron chi connectivity index (χ0n) is 9.78. The van der Waals surface area contributed by atoms with Gasteiger partial charge in [-0.1, -0.05) is 0 Å². The summed E-state index contributed by atoms with van der Waals surface area (Å²) in [6, 6.07) is 0. The highest BCUT2D eigenvalue weighted by molar-refractivity contribution is 5.76. The smallest absolute Gasteiger partial charge is 0.223 e. The summed E-state index contributed by atoms with van der Waals surface area (Å²) in [5.74, 6) is 0.128. The molecule has 1 aliphatic heterocycles. The molecule has 0 aromatic heterocycles. The fourth-order valence-corrected chi connectivity index (χ4v) is 1.95. The molecule has 1 unspecified atom stereocenters. The zero-order chi connectivity index (χ0) is 11.3. The van der Waals surface area contributed by atoms with Gasteiger partial charge < -0.3 is 14.9 Å². The molecule has 0 bridgehead atoms. The Morgan fingerprint density at radius 3 is 2.60 bits per heavy atom. The minimum absolute atomic E-state index is 0.128. The third kappa shape index (κ3) is 4.62. The number of aliphatic hydroxyl groups is 1. The summed E-state index contributed by atoms with van der Waals surface area (Å²) in [5.41, 5.74) is 0. The zero-order valence-corrected chi connectivity index (χ0v) is 9.78. The van der Waals surface area contributed by atoms with Crippen molar-refractivity contribution in [3.8, 4) is 0 Å². The molecule has 1 N–H and O–H groups in total. The summed E-state index contributed by atoms with van der Waals surface area (Å²) >= 11 is 0. The van der Waals surface area contributed by atoms with Crippen LogP contribution in [0.15, 0.2) is 0 Å². The molecular formula is C11H22N2O2. The third-order valence-electron chi connectivity index (χ3n) is 2.80. The van der Waals surface area contributed by atoms with Crippen molar-refractivity contribution in [2.24, 2.45) is 0 Å². The lowest BCUT2D eigenvalue weighted by Crippen LogP contribution is -2.35. The van der Waals surface area contributed by atoms with Gasteiger partial charge in [-0.25, -0.2) is 0 Å². The minimum Gasteiger partial charge on any atom is -0.392 e. The number of nitrogens with zero attached hydrogens (tertiary/aromatic N) is 2. The van der Waals surface area contributed by atoms with E-state index in [0.29, 0.717) is 13.0 Å². The number of hydrogen-bond acceptors (Lipinski definition) is 3. The highest BCUT2D eigenvalue weighted by atomic mass is 16.3. The van der Waals surface area contributed by atoms with Gasteiger partial charge in [0.1, 0.15) is 0 Å². The second-order valence-corrected chi connectivity index (χ2v) is 4.42. The summed E-state index contributed by atoms with van der Waals surface area (Å²) in [7, 11) is 1.75. The lowest BCUT2D eigenvalue weighted by molar-refractivity contribution is -0.131. The molecule has 0 aliphatic carbocycles. The van der Waals surface area contributed by atoms with Gasteiger partial charge in [-0.3, -0.25) is 4.79 Å². The van der Waals surface area contributed by atoms with Gasteiger partial charge in [-0.15, -0.1) is 0 Å². The Morgan fingerprint density at radius 1 is 1.47 bits per heavy atom. The first kappa shape index (κ1) is 12.5. The molecule has 4 heteroatoms. The van der Waals surface area contributed by atoms with Crippen molar-refractivity contribution in [2.45, 2.75) is 32.3 Å². The largest absolute Gasteiger partial charge is 0.392 e. The summed E-state index contributed by atoms with van der Waals surface area (Å²) in [5, 5.41) is 9.15. The highest BCUT2D eigenvalue weighted by Crippen LogP contribution is 2.07. The normalized spacial score (nSPS) is 19.1. The number of carbonyl (C=O) groups excluding carboxylic acids is 1. The number of aliphatic hydroxyl groups excluding tert-OH is 1. The first-order chi connectivity index (χ1) is 7.09. The Kier molecular flexibility index (Phi) is 5.05. The lowest BCUT2D eigenvalue weighted by Gasteiger charge is -2.20. The van der Waals surface area contributed by atoms with Gasteiger partial charge >= 0.3 is 0 Å². The molecule has 0 radical (unpaired) electrons. The number of likely N-dealkylation sites (N-methyl/N-ethyl adjacent to an activating group) is 1. The van der Waals surface area contributed by atoms with Crippen molar-refractivity contribution in [1.29, 1.82) is 0 Å². The van der Waals surface area contributed by atoms with E-state index in [1.54, 1.807) is 18.9 Å². The number of amides is 1. The van der Waals surface area contributed by atoms with Crippen molar-refractivity contribution in [3.05, 3.63) is 0 Å². The van der Waals surface area contributed by atoms with Crippen molar-refractivity contribution in [2.75, 3.05) is 33.2 Å². The molecule has 0 saturated carbocycles. The minimum atomic E-state index is -0.439. The van der Waals surface area contributed by atoms with E-state index < -0.39 is 6.10 Å². The van der Waals surface area contributed by atoms with Crippen LogP contribution in [0.5, 0.6) is 0 Å². The standard InChI is InChI=1S/C11H22N2O2/c1-10(14)9-12(2)11(15)5-8-13-6-3-4-7-13/h10,14H,3-9H2,1-2H3. The van der Waals surface area contributed by atoms with Gasteiger partial charge in [-0.05, 0) is 32.9 Å². The van der Waals surface area contributed by atoms with Crippen LogP contribution in [0.4, 0.5) is 0 Å². The molecule has 0 spiro atoms. The molecule has 1 aliphatic rings.